The van der Waals surface area contributed by atoms with Crippen LogP contribution < -0.4 is 0 Å². The summed E-state index contributed by atoms with van der Waals surface area (Å²) in [5.74, 6) is -0.0433. The van der Waals surface area contributed by atoms with E-state index < -0.39 is 5.97 Å². The molecule has 0 unspecified atom stereocenters. The molecule has 1 heterocycles. The monoisotopic (exact) mass is 478 g/mol. The lowest BCUT2D eigenvalue weighted by Crippen LogP contribution is -2.14. The van der Waals surface area contributed by atoms with Crippen molar-refractivity contribution in [2.24, 2.45) is 0 Å². The third-order valence-corrected chi connectivity index (χ3v) is 6.83. The van der Waals surface area contributed by atoms with Crippen LogP contribution in [0, 0.1) is 0 Å². The molecule has 1 aliphatic rings. The van der Waals surface area contributed by atoms with E-state index in [9.17, 15) is 9.90 Å². The maximum absolute atomic E-state index is 11.5. The van der Waals surface area contributed by atoms with Gasteiger partial charge in [-0.15, -0.1) is 0 Å². The summed E-state index contributed by atoms with van der Waals surface area (Å²) in [5, 5.41) is 10.7. The molecule has 4 nitrogen and oxygen atoms in total. The zero-order chi connectivity index (χ0) is 22.9. The summed E-state index contributed by atoms with van der Waals surface area (Å²) < 4.78 is 2.33. The molecule has 0 saturated heterocycles. The Morgan fingerprint density at radius 2 is 1.70 bits per heavy atom. The molecule has 1 N–H and O–H groups in total. The second-order valence-corrected chi connectivity index (χ2v) is 9.63. The van der Waals surface area contributed by atoms with Crippen molar-refractivity contribution in [3.8, 4) is 11.4 Å². The molecule has 1 saturated carbocycles. The van der Waals surface area contributed by atoms with Crippen LogP contribution in [0.4, 0.5) is 0 Å². The lowest BCUT2D eigenvalue weighted by Gasteiger charge is -2.25. The molecule has 0 radical (unpaired) electrons. The van der Waals surface area contributed by atoms with Gasteiger partial charge in [0.25, 0.3) is 0 Å². The Morgan fingerprint density at radius 1 is 0.939 bits per heavy atom. The van der Waals surface area contributed by atoms with E-state index in [1.165, 1.54) is 19.3 Å². The van der Waals surface area contributed by atoms with Gasteiger partial charge in [0, 0.05) is 21.7 Å². The minimum atomic E-state index is -0.937. The van der Waals surface area contributed by atoms with Crippen LogP contribution in [0.5, 0.6) is 0 Å². The number of nitrogens with zero attached hydrogens (tertiary/aromatic N) is 2. The van der Waals surface area contributed by atoms with Gasteiger partial charge in [-0.2, -0.15) is 0 Å². The van der Waals surface area contributed by atoms with Crippen LogP contribution in [-0.4, -0.2) is 20.6 Å². The number of benzene rings is 3. The Kier molecular flexibility index (Phi) is 6.13. The second kappa shape index (κ2) is 9.20. The first-order valence-corrected chi connectivity index (χ1v) is 12.0. The molecule has 168 valence electrons. The Morgan fingerprint density at radius 3 is 2.42 bits per heavy atom. The van der Waals surface area contributed by atoms with Crippen LogP contribution >= 0.6 is 23.2 Å². The van der Waals surface area contributed by atoms with E-state index in [4.69, 9.17) is 28.2 Å². The second-order valence-electron chi connectivity index (χ2n) is 8.76. The number of carbonyl (C=O) groups is 1. The van der Waals surface area contributed by atoms with E-state index in [0.717, 1.165) is 46.4 Å². The van der Waals surface area contributed by atoms with Gasteiger partial charge in [0.05, 0.1) is 16.6 Å². The smallest absolute Gasteiger partial charge is 0.335 e. The molecule has 6 heteroatoms. The van der Waals surface area contributed by atoms with E-state index in [0.29, 0.717) is 22.5 Å². The number of hydrogen-bond acceptors (Lipinski definition) is 2. The van der Waals surface area contributed by atoms with Gasteiger partial charge in [-0.25, -0.2) is 9.78 Å². The SMILES string of the molecule is O=C(O)c1ccc2c(c1)nc(-c1cccc(Cc3cc(Cl)cc(Cl)c3)c1)n2C1CCCCC1. The summed E-state index contributed by atoms with van der Waals surface area (Å²) in [6.45, 7) is 0. The third kappa shape index (κ3) is 4.64. The number of carboxylic acids is 1. The summed E-state index contributed by atoms with van der Waals surface area (Å²) >= 11 is 12.4. The molecule has 0 aliphatic heterocycles. The van der Waals surface area contributed by atoms with Crippen molar-refractivity contribution in [1.82, 2.24) is 9.55 Å². The van der Waals surface area contributed by atoms with Crippen molar-refractivity contribution in [3.63, 3.8) is 0 Å². The van der Waals surface area contributed by atoms with Gasteiger partial charge in [0.15, 0.2) is 0 Å². The Bertz CT molecular complexity index is 1320. The highest BCUT2D eigenvalue weighted by molar-refractivity contribution is 6.34. The number of hydrogen-bond donors (Lipinski definition) is 1. The maximum atomic E-state index is 11.5. The summed E-state index contributed by atoms with van der Waals surface area (Å²) in [4.78, 5) is 16.5. The molecule has 3 aromatic carbocycles. The number of aromatic nitrogens is 2. The van der Waals surface area contributed by atoms with Crippen molar-refractivity contribution in [1.29, 1.82) is 0 Å². The molecule has 0 atom stereocenters. The van der Waals surface area contributed by atoms with Gasteiger partial charge >= 0.3 is 5.97 Å². The van der Waals surface area contributed by atoms with E-state index >= 15 is 0 Å². The largest absolute Gasteiger partial charge is 0.478 e. The molecule has 5 rings (SSSR count). The first-order chi connectivity index (χ1) is 16.0. The fourth-order valence-electron chi connectivity index (χ4n) is 4.91. The van der Waals surface area contributed by atoms with Crippen molar-refractivity contribution in [2.75, 3.05) is 0 Å². The number of halogens is 2. The number of fused-ring (bicyclic) bond motifs is 1. The molecule has 0 amide bonds. The standard InChI is InChI=1S/C27H24Cl2N2O2/c28-21-13-18(14-22(29)16-21)11-17-5-4-6-19(12-17)26-30-24-15-20(27(32)33)9-10-25(24)31(26)23-7-2-1-3-8-23/h4-6,9-10,12-16,23H,1-3,7-8,11H2,(H,32,33). The average molecular weight is 479 g/mol. The number of imidazole rings is 1. The Hall–Kier alpha value is -2.82. The highest BCUT2D eigenvalue weighted by Gasteiger charge is 2.23. The lowest BCUT2D eigenvalue weighted by atomic mass is 9.94. The first kappa shape index (κ1) is 22.0. The molecule has 33 heavy (non-hydrogen) atoms. The van der Waals surface area contributed by atoms with Crippen molar-refractivity contribution >= 4 is 40.2 Å². The summed E-state index contributed by atoms with van der Waals surface area (Å²) in [6, 6.07) is 19.6. The predicted octanol–water partition coefficient (Wildman–Crippen LogP) is 7.80. The quantitative estimate of drug-likeness (QED) is 0.318. The normalized spacial score (nSPS) is 14.6. The molecular weight excluding hydrogens is 455 g/mol. The first-order valence-electron chi connectivity index (χ1n) is 11.3. The van der Waals surface area contributed by atoms with Gasteiger partial charge in [-0.1, -0.05) is 60.7 Å². The molecule has 1 aromatic heterocycles. The summed E-state index contributed by atoms with van der Waals surface area (Å²) in [6.07, 6.45) is 6.60. The molecule has 1 fully saturated rings. The molecule has 1 aliphatic carbocycles. The number of aromatic carboxylic acids is 1. The fourth-order valence-corrected chi connectivity index (χ4v) is 5.48. The average Bonchev–Trinajstić information content (AvgIpc) is 3.18. The minimum absolute atomic E-state index is 0.258. The highest BCUT2D eigenvalue weighted by atomic mass is 35.5. The van der Waals surface area contributed by atoms with Gasteiger partial charge in [0.2, 0.25) is 0 Å². The maximum Gasteiger partial charge on any atom is 0.335 e. The van der Waals surface area contributed by atoms with Gasteiger partial charge in [-0.05, 0) is 72.9 Å². The van der Waals surface area contributed by atoms with Gasteiger partial charge < -0.3 is 9.67 Å². The molecule has 0 bridgehead atoms. The predicted molar refractivity (Wildman–Crippen MR) is 134 cm³/mol. The van der Waals surface area contributed by atoms with Crippen LogP contribution in [0.25, 0.3) is 22.4 Å². The van der Waals surface area contributed by atoms with Crippen molar-refractivity contribution < 1.29 is 9.90 Å². The van der Waals surface area contributed by atoms with Crippen LogP contribution in [0.3, 0.4) is 0 Å². The molecule has 0 spiro atoms. The van der Waals surface area contributed by atoms with Gasteiger partial charge in [0.1, 0.15) is 5.82 Å². The molecule has 4 aromatic rings. The minimum Gasteiger partial charge on any atom is -0.478 e. The van der Waals surface area contributed by atoms with Crippen LogP contribution in [-0.2, 0) is 6.42 Å². The Balaban J connectivity index is 1.59. The van der Waals surface area contributed by atoms with E-state index in [1.807, 2.05) is 24.3 Å². The summed E-state index contributed by atoms with van der Waals surface area (Å²) in [5.41, 5.74) is 5.19. The van der Waals surface area contributed by atoms with Crippen molar-refractivity contribution in [2.45, 2.75) is 44.6 Å². The third-order valence-electron chi connectivity index (χ3n) is 6.39. The van der Waals surface area contributed by atoms with Gasteiger partial charge in [-0.3, -0.25) is 0 Å². The summed E-state index contributed by atoms with van der Waals surface area (Å²) in [7, 11) is 0. The highest BCUT2D eigenvalue weighted by Crippen LogP contribution is 2.36. The van der Waals surface area contributed by atoms with Crippen LogP contribution in [0.1, 0.15) is 59.6 Å². The Labute approximate surface area is 202 Å². The number of rotatable bonds is 5. The van der Waals surface area contributed by atoms with Crippen LogP contribution in [0.2, 0.25) is 10.0 Å². The zero-order valence-electron chi connectivity index (χ0n) is 18.1. The van der Waals surface area contributed by atoms with Crippen LogP contribution in [0.15, 0.2) is 60.7 Å². The fraction of sp³-hybridized carbons (Fsp3) is 0.259. The topological polar surface area (TPSA) is 55.1 Å². The van der Waals surface area contributed by atoms with E-state index in [-0.39, 0.29) is 5.56 Å². The lowest BCUT2D eigenvalue weighted by molar-refractivity contribution is 0.0697. The van der Waals surface area contributed by atoms with Crippen molar-refractivity contribution in [3.05, 3.63) is 87.4 Å². The van der Waals surface area contributed by atoms with E-state index in [2.05, 4.69) is 22.8 Å². The van der Waals surface area contributed by atoms with E-state index in [1.54, 1.807) is 18.2 Å². The molecular formula is C27H24Cl2N2O2. The number of carboxylic acid groups (broad SMARTS) is 1. The zero-order valence-corrected chi connectivity index (χ0v) is 19.6.